The Balaban J connectivity index is 1.58. The minimum atomic E-state index is -0.488. The zero-order valence-corrected chi connectivity index (χ0v) is 18.5. The lowest BCUT2D eigenvalue weighted by atomic mass is 10.1. The molecular formula is C21H23N5O4S. The van der Waals surface area contributed by atoms with Crippen molar-refractivity contribution in [2.75, 3.05) is 11.1 Å². The topological polar surface area (TPSA) is 112 Å². The first-order chi connectivity index (χ1) is 14.7. The predicted molar refractivity (Wildman–Crippen MR) is 118 cm³/mol. The molecule has 3 rings (SSSR count). The predicted octanol–water partition coefficient (Wildman–Crippen LogP) is 4.21. The minimum absolute atomic E-state index is 0.0313. The van der Waals surface area contributed by atoms with E-state index >= 15 is 0 Å². The van der Waals surface area contributed by atoms with Crippen LogP contribution in [0.1, 0.15) is 30.0 Å². The molecule has 0 aliphatic rings. The Hall–Kier alpha value is -3.40. The summed E-state index contributed by atoms with van der Waals surface area (Å²) in [7, 11) is 1.83. The highest BCUT2D eigenvalue weighted by Gasteiger charge is 2.18. The molecule has 1 heterocycles. The number of aryl methyl sites for hydroxylation is 2. The number of non-ortho nitro benzene ring substituents is 1. The summed E-state index contributed by atoms with van der Waals surface area (Å²) in [5.74, 6) is 1.29. The third-order valence-electron chi connectivity index (χ3n) is 4.43. The van der Waals surface area contributed by atoms with E-state index in [1.165, 1.54) is 36.0 Å². The molecule has 1 N–H and O–H groups in total. The van der Waals surface area contributed by atoms with E-state index in [9.17, 15) is 14.9 Å². The van der Waals surface area contributed by atoms with E-state index in [2.05, 4.69) is 21.6 Å². The van der Waals surface area contributed by atoms with E-state index < -0.39 is 4.92 Å². The largest absolute Gasteiger partial charge is 0.483 e. The molecule has 10 heteroatoms. The van der Waals surface area contributed by atoms with E-state index in [0.717, 1.165) is 16.9 Å². The molecule has 0 spiro atoms. The first-order valence-electron chi connectivity index (χ1n) is 9.54. The summed E-state index contributed by atoms with van der Waals surface area (Å²) in [5, 5.41) is 22.4. The molecular weight excluding hydrogens is 418 g/mol. The average molecular weight is 442 g/mol. The molecule has 0 fully saturated rings. The van der Waals surface area contributed by atoms with Crippen LogP contribution in [0, 0.1) is 24.0 Å². The SMILES string of the molecule is Cc1cc(C)cc(OC(C)c2nnc(SCC(=O)Nc3ccc([N+](=O)[O-])cc3)n2C)c1. The maximum Gasteiger partial charge on any atom is 0.269 e. The summed E-state index contributed by atoms with van der Waals surface area (Å²) in [5.41, 5.74) is 2.70. The Bertz CT molecular complexity index is 1080. The molecule has 3 aromatic rings. The molecule has 0 aliphatic carbocycles. The summed E-state index contributed by atoms with van der Waals surface area (Å²) < 4.78 is 7.83. The van der Waals surface area contributed by atoms with Crippen LogP contribution in [0.15, 0.2) is 47.6 Å². The van der Waals surface area contributed by atoms with Gasteiger partial charge in [0.2, 0.25) is 5.91 Å². The highest BCUT2D eigenvalue weighted by Crippen LogP contribution is 2.25. The van der Waals surface area contributed by atoms with Crippen molar-refractivity contribution in [2.45, 2.75) is 32.0 Å². The van der Waals surface area contributed by atoms with Crippen LogP contribution in [0.4, 0.5) is 11.4 Å². The number of amides is 1. The third-order valence-corrected chi connectivity index (χ3v) is 5.45. The fourth-order valence-electron chi connectivity index (χ4n) is 3.06. The molecule has 0 saturated carbocycles. The van der Waals surface area contributed by atoms with Crippen molar-refractivity contribution < 1.29 is 14.5 Å². The Morgan fingerprint density at radius 2 is 1.84 bits per heavy atom. The van der Waals surface area contributed by atoms with Crippen molar-refractivity contribution in [3.63, 3.8) is 0 Å². The van der Waals surface area contributed by atoms with Crippen LogP contribution >= 0.6 is 11.8 Å². The van der Waals surface area contributed by atoms with Crippen LogP contribution in [0.2, 0.25) is 0 Å². The number of thioether (sulfide) groups is 1. The van der Waals surface area contributed by atoms with Crippen LogP contribution in [-0.2, 0) is 11.8 Å². The zero-order chi connectivity index (χ0) is 22.5. The van der Waals surface area contributed by atoms with Crippen LogP contribution in [0.3, 0.4) is 0 Å². The fraction of sp³-hybridized carbons (Fsp3) is 0.286. The number of hydrogen-bond acceptors (Lipinski definition) is 7. The maximum atomic E-state index is 12.2. The number of nitro groups is 1. The van der Waals surface area contributed by atoms with Crippen molar-refractivity contribution in [3.05, 3.63) is 69.5 Å². The number of carbonyl (C=O) groups excluding carboxylic acids is 1. The summed E-state index contributed by atoms with van der Waals surface area (Å²) in [4.78, 5) is 22.4. The van der Waals surface area contributed by atoms with Gasteiger partial charge >= 0.3 is 0 Å². The number of aromatic nitrogens is 3. The number of nitrogens with zero attached hydrogens (tertiary/aromatic N) is 4. The second-order valence-corrected chi connectivity index (χ2v) is 8.07. The van der Waals surface area contributed by atoms with Crippen molar-refractivity contribution in [1.82, 2.24) is 14.8 Å². The lowest BCUT2D eigenvalue weighted by molar-refractivity contribution is -0.384. The second kappa shape index (κ2) is 9.61. The van der Waals surface area contributed by atoms with Crippen LogP contribution < -0.4 is 10.1 Å². The molecule has 0 bridgehead atoms. The van der Waals surface area contributed by atoms with Crippen molar-refractivity contribution in [2.24, 2.45) is 7.05 Å². The molecule has 0 saturated heterocycles. The number of carbonyl (C=O) groups is 1. The normalized spacial score (nSPS) is 11.7. The van der Waals surface area contributed by atoms with E-state index in [-0.39, 0.29) is 23.5 Å². The van der Waals surface area contributed by atoms with Gasteiger partial charge in [-0.1, -0.05) is 17.8 Å². The molecule has 0 radical (unpaired) electrons. The van der Waals surface area contributed by atoms with Gasteiger partial charge in [-0.15, -0.1) is 10.2 Å². The first kappa shape index (κ1) is 22.3. The first-order valence-corrected chi connectivity index (χ1v) is 10.5. The highest BCUT2D eigenvalue weighted by molar-refractivity contribution is 7.99. The molecule has 31 heavy (non-hydrogen) atoms. The third kappa shape index (κ3) is 5.82. The van der Waals surface area contributed by atoms with Gasteiger partial charge in [0.05, 0.1) is 10.7 Å². The molecule has 1 atom stereocenters. The molecule has 2 aromatic carbocycles. The summed E-state index contributed by atoms with van der Waals surface area (Å²) >= 11 is 1.25. The van der Waals surface area contributed by atoms with Gasteiger partial charge in [0.25, 0.3) is 5.69 Å². The average Bonchev–Trinajstić information content (AvgIpc) is 3.06. The number of nitro benzene ring substituents is 1. The number of nitrogens with one attached hydrogen (secondary N) is 1. The Kier molecular flexibility index (Phi) is 6.91. The van der Waals surface area contributed by atoms with Gasteiger partial charge in [-0.25, -0.2) is 0 Å². The number of rotatable bonds is 8. The summed E-state index contributed by atoms with van der Waals surface area (Å²) in [6, 6.07) is 11.7. The van der Waals surface area contributed by atoms with Gasteiger partial charge in [0.1, 0.15) is 5.75 Å². The van der Waals surface area contributed by atoms with Crippen molar-refractivity contribution >= 4 is 29.0 Å². The minimum Gasteiger partial charge on any atom is -0.483 e. The van der Waals surface area contributed by atoms with Crippen molar-refractivity contribution in [1.29, 1.82) is 0 Å². The van der Waals surface area contributed by atoms with Gasteiger partial charge < -0.3 is 14.6 Å². The van der Waals surface area contributed by atoms with Gasteiger partial charge in [0, 0.05) is 24.9 Å². The number of hydrogen-bond donors (Lipinski definition) is 1. The Morgan fingerprint density at radius 1 is 1.19 bits per heavy atom. The van der Waals surface area contributed by atoms with Gasteiger partial charge in [-0.2, -0.15) is 0 Å². The molecule has 0 aliphatic heterocycles. The van der Waals surface area contributed by atoms with Crippen LogP contribution in [0.5, 0.6) is 5.75 Å². The molecule has 162 valence electrons. The Labute approximate surface area is 184 Å². The highest BCUT2D eigenvalue weighted by atomic mass is 32.2. The van der Waals surface area contributed by atoms with Gasteiger partial charge in [-0.05, 0) is 56.2 Å². The Morgan fingerprint density at radius 3 is 2.45 bits per heavy atom. The fourth-order valence-corrected chi connectivity index (χ4v) is 3.78. The lowest BCUT2D eigenvalue weighted by Gasteiger charge is -2.15. The van der Waals surface area contributed by atoms with E-state index in [0.29, 0.717) is 16.7 Å². The number of anilines is 1. The monoisotopic (exact) mass is 441 g/mol. The molecule has 9 nitrogen and oxygen atoms in total. The van der Waals surface area contributed by atoms with Crippen LogP contribution in [-0.4, -0.2) is 31.3 Å². The second-order valence-electron chi connectivity index (χ2n) is 7.12. The number of benzene rings is 2. The van der Waals surface area contributed by atoms with Gasteiger partial charge in [0.15, 0.2) is 17.1 Å². The van der Waals surface area contributed by atoms with Crippen LogP contribution in [0.25, 0.3) is 0 Å². The number of ether oxygens (including phenoxy) is 1. The lowest BCUT2D eigenvalue weighted by Crippen LogP contribution is -2.15. The quantitative estimate of drug-likeness (QED) is 0.316. The van der Waals surface area contributed by atoms with Gasteiger partial charge in [-0.3, -0.25) is 14.9 Å². The van der Waals surface area contributed by atoms with E-state index in [1.54, 1.807) is 4.57 Å². The smallest absolute Gasteiger partial charge is 0.269 e. The summed E-state index contributed by atoms with van der Waals surface area (Å²) in [6.45, 7) is 5.93. The zero-order valence-electron chi connectivity index (χ0n) is 17.7. The standard InChI is InChI=1S/C21H23N5O4S/c1-13-9-14(2)11-18(10-13)30-15(3)20-23-24-21(25(20)4)31-12-19(27)22-16-5-7-17(8-6-16)26(28)29/h5-11,15H,12H2,1-4H3,(H,22,27). The molecule has 1 unspecified atom stereocenters. The van der Waals surface area contributed by atoms with E-state index in [1.807, 2.05) is 40.0 Å². The van der Waals surface area contributed by atoms with E-state index in [4.69, 9.17) is 4.74 Å². The van der Waals surface area contributed by atoms with Crippen molar-refractivity contribution in [3.8, 4) is 5.75 Å². The molecule has 1 aromatic heterocycles. The summed E-state index contributed by atoms with van der Waals surface area (Å²) in [6.07, 6.45) is -0.318. The maximum absolute atomic E-state index is 12.2. The molecule has 1 amide bonds.